The highest BCUT2D eigenvalue weighted by atomic mass is 15.0. The molecule has 13 heavy (non-hydrogen) atoms. The fourth-order valence-electron chi connectivity index (χ4n) is 1.75. The third-order valence-electron chi connectivity index (χ3n) is 2.76. The van der Waals surface area contributed by atoms with Gasteiger partial charge >= 0.3 is 0 Å². The normalized spacial score (nSPS) is 11.1. The lowest BCUT2D eigenvalue weighted by Gasteiger charge is -1.96. The Labute approximate surface area is 77.4 Å². The van der Waals surface area contributed by atoms with Gasteiger partial charge in [-0.3, -0.25) is 0 Å². The molecule has 0 aliphatic heterocycles. The first-order valence-corrected chi connectivity index (χ1v) is 4.36. The van der Waals surface area contributed by atoms with Gasteiger partial charge < -0.3 is 4.57 Å². The molecule has 0 aliphatic carbocycles. The number of hydrogen-bond acceptors (Lipinski definition) is 2. The number of hydrogen-bond donors (Lipinski definition) is 0. The fraction of sp³-hybridized carbons (Fsp3) is 0.400. The molecule has 0 saturated carbocycles. The van der Waals surface area contributed by atoms with Gasteiger partial charge in [-0.15, -0.1) is 0 Å². The Hall–Kier alpha value is -1.38. The van der Waals surface area contributed by atoms with Crippen LogP contribution in [0.1, 0.15) is 17.0 Å². The van der Waals surface area contributed by atoms with E-state index in [1.807, 2.05) is 14.0 Å². The molecule has 0 unspecified atom stereocenters. The van der Waals surface area contributed by atoms with E-state index in [9.17, 15) is 0 Å². The van der Waals surface area contributed by atoms with E-state index in [-0.39, 0.29) is 0 Å². The van der Waals surface area contributed by atoms with Crippen molar-refractivity contribution >= 4 is 11.0 Å². The lowest BCUT2D eigenvalue weighted by molar-refractivity contribution is 0.892. The summed E-state index contributed by atoms with van der Waals surface area (Å²) in [5.41, 5.74) is 4.64. The number of rotatable bonds is 0. The van der Waals surface area contributed by atoms with Gasteiger partial charge in [0, 0.05) is 18.1 Å². The summed E-state index contributed by atoms with van der Waals surface area (Å²) in [6.45, 7) is 6.25. The van der Waals surface area contributed by atoms with Gasteiger partial charge in [-0.2, -0.15) is 0 Å². The monoisotopic (exact) mass is 175 g/mol. The van der Waals surface area contributed by atoms with Gasteiger partial charge in [0.05, 0.1) is 5.69 Å². The maximum Gasteiger partial charge on any atom is 0.143 e. The molecule has 0 aromatic carbocycles. The van der Waals surface area contributed by atoms with E-state index in [0.29, 0.717) is 0 Å². The van der Waals surface area contributed by atoms with Gasteiger partial charge in [0.25, 0.3) is 0 Å². The predicted octanol–water partition coefficient (Wildman–Crippen LogP) is 1.89. The van der Waals surface area contributed by atoms with E-state index < -0.39 is 0 Å². The number of nitrogens with zero attached hydrogens (tertiary/aromatic N) is 3. The maximum atomic E-state index is 4.28. The summed E-state index contributed by atoms with van der Waals surface area (Å²) >= 11 is 0. The van der Waals surface area contributed by atoms with Crippen LogP contribution < -0.4 is 0 Å². The second-order valence-corrected chi connectivity index (χ2v) is 3.43. The molecule has 0 radical (unpaired) electrons. The highest BCUT2D eigenvalue weighted by Crippen LogP contribution is 2.23. The molecule has 2 heterocycles. The minimum atomic E-state index is 1.03. The van der Waals surface area contributed by atoms with Gasteiger partial charge in [0.15, 0.2) is 0 Å². The topological polar surface area (TPSA) is 30.7 Å². The summed E-state index contributed by atoms with van der Waals surface area (Å²) < 4.78 is 2.11. The Bertz CT molecular complexity index is 468. The molecule has 0 aliphatic rings. The summed E-state index contributed by atoms with van der Waals surface area (Å²) in [4.78, 5) is 8.47. The van der Waals surface area contributed by atoms with Crippen LogP contribution in [0.4, 0.5) is 0 Å². The first-order chi connectivity index (χ1) is 6.13. The van der Waals surface area contributed by atoms with Gasteiger partial charge in [-0.05, 0) is 26.3 Å². The summed E-state index contributed by atoms with van der Waals surface area (Å²) in [5.74, 6) is 0. The van der Waals surface area contributed by atoms with E-state index in [1.165, 1.54) is 16.6 Å². The molecule has 0 spiro atoms. The van der Waals surface area contributed by atoms with Crippen LogP contribution >= 0.6 is 0 Å². The first kappa shape index (κ1) is 8.23. The quantitative estimate of drug-likeness (QED) is 0.612. The third-order valence-corrected chi connectivity index (χ3v) is 2.76. The van der Waals surface area contributed by atoms with Crippen molar-refractivity contribution in [3.8, 4) is 0 Å². The molecular weight excluding hydrogens is 162 g/mol. The van der Waals surface area contributed by atoms with Crippen molar-refractivity contribution in [2.75, 3.05) is 0 Å². The molecule has 0 N–H and O–H groups in total. The summed E-state index contributed by atoms with van der Waals surface area (Å²) in [7, 11) is 2.04. The van der Waals surface area contributed by atoms with Crippen LogP contribution in [0.15, 0.2) is 6.33 Å². The molecule has 0 bridgehead atoms. The fourth-order valence-corrected chi connectivity index (χ4v) is 1.75. The maximum absolute atomic E-state index is 4.28. The minimum absolute atomic E-state index is 1.03. The van der Waals surface area contributed by atoms with Crippen molar-refractivity contribution in [3.05, 3.63) is 23.3 Å². The van der Waals surface area contributed by atoms with Gasteiger partial charge in [0.1, 0.15) is 12.0 Å². The Morgan fingerprint density at radius 1 is 1.15 bits per heavy atom. The molecule has 2 aromatic heterocycles. The lowest BCUT2D eigenvalue weighted by atomic mass is 10.2. The number of aryl methyl sites for hydroxylation is 3. The zero-order valence-electron chi connectivity index (χ0n) is 8.42. The van der Waals surface area contributed by atoms with Gasteiger partial charge in [-0.1, -0.05) is 0 Å². The molecule has 0 atom stereocenters. The first-order valence-electron chi connectivity index (χ1n) is 4.36. The highest BCUT2D eigenvalue weighted by Gasteiger charge is 2.10. The molecule has 3 heteroatoms. The lowest BCUT2D eigenvalue weighted by Crippen LogP contribution is -1.93. The molecule has 0 fully saturated rings. The summed E-state index contributed by atoms with van der Waals surface area (Å²) in [6.07, 6.45) is 1.62. The standard InChI is InChI=1S/C10H13N3/c1-6-8(3)13(4)10-9(6)7(2)11-5-12-10/h5H,1-4H3. The summed E-state index contributed by atoms with van der Waals surface area (Å²) in [5, 5.41) is 1.20. The second kappa shape index (κ2) is 2.55. The zero-order valence-corrected chi connectivity index (χ0v) is 8.42. The second-order valence-electron chi connectivity index (χ2n) is 3.43. The van der Waals surface area contributed by atoms with Crippen LogP contribution in [0.5, 0.6) is 0 Å². The Morgan fingerprint density at radius 3 is 2.46 bits per heavy atom. The molecule has 2 aromatic rings. The van der Waals surface area contributed by atoms with Crippen molar-refractivity contribution in [2.24, 2.45) is 7.05 Å². The highest BCUT2D eigenvalue weighted by molar-refractivity contribution is 5.83. The van der Waals surface area contributed by atoms with Crippen molar-refractivity contribution in [1.82, 2.24) is 14.5 Å². The average Bonchev–Trinajstić information content (AvgIpc) is 2.33. The number of aromatic nitrogens is 3. The van der Waals surface area contributed by atoms with Crippen LogP contribution in [0.25, 0.3) is 11.0 Å². The van der Waals surface area contributed by atoms with E-state index in [1.54, 1.807) is 6.33 Å². The molecule has 3 nitrogen and oxygen atoms in total. The van der Waals surface area contributed by atoms with Crippen LogP contribution in [0, 0.1) is 20.8 Å². The zero-order chi connectivity index (χ0) is 9.59. The SMILES string of the molecule is Cc1ncnc2c1c(C)c(C)n2C. The van der Waals surface area contributed by atoms with Crippen molar-refractivity contribution in [2.45, 2.75) is 20.8 Å². The van der Waals surface area contributed by atoms with Crippen LogP contribution in [-0.4, -0.2) is 14.5 Å². The van der Waals surface area contributed by atoms with Crippen LogP contribution in [0.3, 0.4) is 0 Å². The smallest absolute Gasteiger partial charge is 0.143 e. The van der Waals surface area contributed by atoms with Crippen LogP contribution in [-0.2, 0) is 7.05 Å². The van der Waals surface area contributed by atoms with E-state index in [2.05, 4.69) is 28.4 Å². The third kappa shape index (κ3) is 0.963. The van der Waals surface area contributed by atoms with Gasteiger partial charge in [-0.25, -0.2) is 9.97 Å². The van der Waals surface area contributed by atoms with E-state index in [0.717, 1.165) is 11.3 Å². The molecule has 0 saturated heterocycles. The molecular formula is C10H13N3. The van der Waals surface area contributed by atoms with Gasteiger partial charge in [0.2, 0.25) is 0 Å². The van der Waals surface area contributed by atoms with Crippen LogP contribution in [0.2, 0.25) is 0 Å². The van der Waals surface area contributed by atoms with Crippen molar-refractivity contribution < 1.29 is 0 Å². The molecule has 2 rings (SSSR count). The minimum Gasteiger partial charge on any atom is -0.333 e. The molecule has 68 valence electrons. The number of fused-ring (bicyclic) bond motifs is 1. The van der Waals surface area contributed by atoms with Crippen molar-refractivity contribution in [1.29, 1.82) is 0 Å². The largest absolute Gasteiger partial charge is 0.333 e. The van der Waals surface area contributed by atoms with E-state index in [4.69, 9.17) is 0 Å². The van der Waals surface area contributed by atoms with Crippen molar-refractivity contribution in [3.63, 3.8) is 0 Å². The Morgan fingerprint density at radius 2 is 1.85 bits per heavy atom. The summed E-state index contributed by atoms with van der Waals surface area (Å²) in [6, 6.07) is 0. The predicted molar refractivity (Wildman–Crippen MR) is 52.7 cm³/mol. The average molecular weight is 175 g/mol. The molecule has 0 amide bonds. The van der Waals surface area contributed by atoms with E-state index >= 15 is 0 Å². The Balaban J connectivity index is 3.03. The Kier molecular flexibility index (Phi) is 1.62.